The number of carbonyl (C=O) groups is 1. The number of para-hydroxylation sites is 1. The van der Waals surface area contributed by atoms with E-state index in [0.717, 1.165) is 43.2 Å². The molecular formula is C26H25F3N2O3. The Morgan fingerprint density at radius 3 is 2.65 bits per heavy atom. The fraction of sp³-hybridized carbons (Fsp3) is 0.385. The van der Waals surface area contributed by atoms with Crippen molar-refractivity contribution in [3.8, 4) is 0 Å². The van der Waals surface area contributed by atoms with Gasteiger partial charge in [-0.2, -0.15) is 13.2 Å². The van der Waals surface area contributed by atoms with E-state index in [1.54, 1.807) is 17.6 Å². The van der Waals surface area contributed by atoms with Gasteiger partial charge in [0.15, 0.2) is 0 Å². The van der Waals surface area contributed by atoms with E-state index in [4.69, 9.17) is 14.5 Å². The van der Waals surface area contributed by atoms with Gasteiger partial charge in [-0.3, -0.25) is 0 Å². The molecule has 8 heteroatoms. The number of halogens is 3. The van der Waals surface area contributed by atoms with E-state index in [1.807, 2.05) is 24.3 Å². The first-order valence-corrected chi connectivity index (χ1v) is 11.5. The first kappa shape index (κ1) is 22.5. The van der Waals surface area contributed by atoms with Crippen molar-refractivity contribution in [2.24, 2.45) is 4.99 Å². The van der Waals surface area contributed by atoms with E-state index in [2.05, 4.69) is 0 Å². The Hall–Kier alpha value is -3.29. The molecule has 1 spiro atoms. The molecule has 178 valence electrons. The third kappa shape index (κ3) is 3.95. The quantitative estimate of drug-likeness (QED) is 0.432. The Morgan fingerprint density at radius 2 is 1.91 bits per heavy atom. The van der Waals surface area contributed by atoms with Gasteiger partial charge in [0, 0.05) is 17.4 Å². The van der Waals surface area contributed by atoms with E-state index in [9.17, 15) is 18.0 Å². The van der Waals surface area contributed by atoms with Crippen LogP contribution in [0.2, 0.25) is 0 Å². The molecule has 0 amide bonds. The van der Waals surface area contributed by atoms with E-state index in [-0.39, 0.29) is 24.4 Å². The van der Waals surface area contributed by atoms with E-state index < -0.39 is 17.7 Å². The molecule has 1 fully saturated rings. The van der Waals surface area contributed by atoms with Crippen molar-refractivity contribution in [2.75, 3.05) is 13.2 Å². The number of aromatic nitrogens is 1. The zero-order chi connectivity index (χ0) is 23.9. The van der Waals surface area contributed by atoms with Crippen LogP contribution < -0.4 is 0 Å². The van der Waals surface area contributed by atoms with Crippen molar-refractivity contribution >= 4 is 22.8 Å². The minimum absolute atomic E-state index is 0.0665. The van der Waals surface area contributed by atoms with Gasteiger partial charge in [0.1, 0.15) is 12.3 Å². The molecular weight excluding hydrogens is 445 g/mol. The summed E-state index contributed by atoms with van der Waals surface area (Å²) in [7, 11) is 0. The lowest BCUT2D eigenvalue weighted by Crippen LogP contribution is -2.22. The van der Waals surface area contributed by atoms with Crippen LogP contribution >= 0.6 is 0 Å². The van der Waals surface area contributed by atoms with Gasteiger partial charge in [-0.05, 0) is 43.5 Å². The largest absolute Gasteiger partial charge is 0.475 e. The van der Waals surface area contributed by atoms with Crippen molar-refractivity contribution in [3.05, 3.63) is 70.9 Å². The van der Waals surface area contributed by atoms with Crippen LogP contribution in [0.25, 0.3) is 10.9 Å². The van der Waals surface area contributed by atoms with Crippen LogP contribution in [0.1, 0.15) is 59.8 Å². The molecule has 0 bridgehead atoms. The molecule has 1 aliphatic heterocycles. The topological polar surface area (TPSA) is 52.8 Å². The summed E-state index contributed by atoms with van der Waals surface area (Å²) in [5.41, 5.74) is 0.932. The summed E-state index contributed by atoms with van der Waals surface area (Å²) in [6.07, 6.45) is -0.404. The number of rotatable bonds is 5. The maximum Gasteiger partial charge on any atom is 0.416 e. The van der Waals surface area contributed by atoms with Crippen molar-refractivity contribution in [3.63, 3.8) is 0 Å². The fourth-order valence-electron chi connectivity index (χ4n) is 5.02. The second-order valence-electron chi connectivity index (χ2n) is 8.88. The van der Waals surface area contributed by atoms with Crippen molar-refractivity contribution < 1.29 is 27.4 Å². The number of ether oxygens (including phenoxy) is 2. The summed E-state index contributed by atoms with van der Waals surface area (Å²) in [5.74, 6) is -0.150. The van der Waals surface area contributed by atoms with Gasteiger partial charge < -0.3 is 14.0 Å². The van der Waals surface area contributed by atoms with Gasteiger partial charge in [0.25, 0.3) is 0 Å². The molecule has 34 heavy (non-hydrogen) atoms. The number of hydrogen-bond acceptors (Lipinski definition) is 4. The average Bonchev–Trinajstić information content (AvgIpc) is 3.52. The molecule has 0 radical (unpaired) electrons. The summed E-state index contributed by atoms with van der Waals surface area (Å²) in [6.45, 7) is 2.42. The first-order valence-electron chi connectivity index (χ1n) is 11.5. The third-order valence-corrected chi connectivity index (χ3v) is 6.60. The van der Waals surface area contributed by atoms with Gasteiger partial charge in [0.2, 0.25) is 5.90 Å². The summed E-state index contributed by atoms with van der Waals surface area (Å²) in [5, 5.41) is 0.756. The first-order chi connectivity index (χ1) is 16.3. The van der Waals surface area contributed by atoms with Gasteiger partial charge in [0.05, 0.1) is 23.3 Å². The Balaban J connectivity index is 1.68. The SMILES string of the molecule is CCOC(=O)c1c(C2=NC3(CCCC3)CO2)c2ccccc2n1Cc1cccc(C(F)(F)F)c1. The second kappa shape index (κ2) is 8.49. The number of aliphatic imine (C=N–C) groups is 1. The molecule has 0 unspecified atom stereocenters. The molecule has 2 heterocycles. The second-order valence-corrected chi connectivity index (χ2v) is 8.88. The van der Waals surface area contributed by atoms with Crippen LogP contribution in [-0.2, 0) is 22.2 Å². The van der Waals surface area contributed by atoms with Gasteiger partial charge in [-0.25, -0.2) is 9.79 Å². The van der Waals surface area contributed by atoms with E-state index in [0.29, 0.717) is 29.1 Å². The van der Waals surface area contributed by atoms with Crippen molar-refractivity contribution in [1.29, 1.82) is 0 Å². The lowest BCUT2D eigenvalue weighted by molar-refractivity contribution is -0.137. The molecule has 2 aliphatic rings. The molecule has 0 atom stereocenters. The number of fused-ring (bicyclic) bond motifs is 1. The van der Waals surface area contributed by atoms with Gasteiger partial charge in [-0.15, -0.1) is 0 Å². The smallest absolute Gasteiger partial charge is 0.416 e. The third-order valence-electron chi connectivity index (χ3n) is 6.60. The Morgan fingerprint density at radius 1 is 1.15 bits per heavy atom. The number of hydrogen-bond donors (Lipinski definition) is 0. The van der Waals surface area contributed by atoms with Crippen molar-refractivity contribution in [1.82, 2.24) is 4.57 Å². The number of alkyl halides is 3. The summed E-state index contributed by atoms with van der Waals surface area (Å²) < 4.78 is 53.1. The molecule has 5 rings (SSSR count). The van der Waals surface area contributed by atoms with Crippen LogP contribution in [0.3, 0.4) is 0 Å². The summed E-state index contributed by atoms with van der Waals surface area (Å²) >= 11 is 0. The number of esters is 1. The molecule has 1 aromatic heterocycles. The minimum atomic E-state index is -4.45. The highest BCUT2D eigenvalue weighted by Gasteiger charge is 2.41. The predicted octanol–water partition coefficient (Wildman–Crippen LogP) is 5.97. The maximum atomic E-state index is 13.3. The van der Waals surface area contributed by atoms with Gasteiger partial charge >= 0.3 is 12.1 Å². The lowest BCUT2D eigenvalue weighted by atomic mass is 10.0. The number of benzene rings is 2. The Kier molecular flexibility index (Phi) is 5.62. The normalized spacial score (nSPS) is 17.2. The predicted molar refractivity (Wildman–Crippen MR) is 122 cm³/mol. The van der Waals surface area contributed by atoms with Crippen LogP contribution in [0, 0.1) is 0 Å². The fourth-order valence-corrected chi connectivity index (χ4v) is 5.02. The van der Waals surface area contributed by atoms with Crippen LogP contribution in [0.5, 0.6) is 0 Å². The van der Waals surface area contributed by atoms with E-state index >= 15 is 0 Å². The summed E-state index contributed by atoms with van der Waals surface area (Å²) in [4.78, 5) is 18.1. The summed E-state index contributed by atoms with van der Waals surface area (Å²) in [6, 6.07) is 12.6. The molecule has 5 nitrogen and oxygen atoms in total. The molecule has 0 saturated heterocycles. The van der Waals surface area contributed by atoms with Crippen LogP contribution in [-0.4, -0.2) is 35.2 Å². The molecule has 3 aromatic rings. The highest BCUT2D eigenvalue weighted by Crippen LogP contribution is 2.40. The average molecular weight is 470 g/mol. The molecule has 1 aliphatic carbocycles. The Labute approximate surface area is 195 Å². The van der Waals surface area contributed by atoms with Crippen LogP contribution in [0.4, 0.5) is 13.2 Å². The highest BCUT2D eigenvalue weighted by molar-refractivity contribution is 6.15. The van der Waals surface area contributed by atoms with E-state index in [1.165, 1.54) is 6.07 Å². The molecule has 2 aromatic carbocycles. The zero-order valence-corrected chi connectivity index (χ0v) is 18.8. The minimum Gasteiger partial charge on any atom is -0.475 e. The molecule has 1 saturated carbocycles. The maximum absolute atomic E-state index is 13.3. The number of nitrogens with zero attached hydrogens (tertiary/aromatic N) is 2. The van der Waals surface area contributed by atoms with Crippen molar-refractivity contribution in [2.45, 2.75) is 50.9 Å². The van der Waals surface area contributed by atoms with Gasteiger partial charge in [-0.1, -0.05) is 43.2 Å². The molecule has 0 N–H and O–H groups in total. The Bertz CT molecular complexity index is 1270. The number of carbonyl (C=O) groups excluding carboxylic acids is 1. The lowest BCUT2D eigenvalue weighted by Gasteiger charge is -2.14. The highest BCUT2D eigenvalue weighted by atomic mass is 19.4. The zero-order valence-electron chi connectivity index (χ0n) is 18.8. The standard InChI is InChI=1S/C26H25F3N2O3/c1-2-33-24(32)22-21(23-30-25(16-34-23)12-5-6-13-25)19-10-3-4-11-20(19)31(22)15-17-8-7-9-18(14-17)26(27,28)29/h3-4,7-11,14H,2,5-6,12-13,15-16H2,1H3. The van der Waals surface area contributed by atoms with Crippen LogP contribution in [0.15, 0.2) is 53.5 Å². The monoisotopic (exact) mass is 470 g/mol.